The summed E-state index contributed by atoms with van der Waals surface area (Å²) >= 11 is 0. The predicted molar refractivity (Wildman–Crippen MR) is 159 cm³/mol. The molecule has 216 valence electrons. The Morgan fingerprint density at radius 3 is 2.60 bits per heavy atom. The Hall–Kier alpha value is -4.39. The second kappa shape index (κ2) is 12.2. The summed E-state index contributed by atoms with van der Waals surface area (Å²) in [6.45, 7) is 3.28. The molecule has 2 aromatic heterocycles. The Balaban J connectivity index is 1.27. The highest BCUT2D eigenvalue weighted by Crippen LogP contribution is 2.38. The second-order valence-corrected chi connectivity index (χ2v) is 10.9. The van der Waals surface area contributed by atoms with Gasteiger partial charge in [0.05, 0.1) is 31.5 Å². The normalized spacial score (nSPS) is 16.7. The Morgan fingerprint density at radius 2 is 1.83 bits per heavy atom. The average molecular weight is 567 g/mol. The number of nitrogens with zero attached hydrogens (tertiary/aromatic N) is 3. The number of hydrogen-bond donors (Lipinski definition) is 1. The van der Waals surface area contributed by atoms with Gasteiger partial charge in [0.15, 0.2) is 5.58 Å². The first-order valence-corrected chi connectivity index (χ1v) is 14.4. The van der Waals surface area contributed by atoms with E-state index in [2.05, 4.69) is 28.3 Å². The molecular weight excluding hydrogens is 532 g/mol. The zero-order chi connectivity index (χ0) is 29.1. The summed E-state index contributed by atoms with van der Waals surface area (Å²) in [5.74, 6) is 1.57. The first kappa shape index (κ1) is 27.8. The number of hydrogen-bond acceptors (Lipinski definition) is 8. The fourth-order valence-corrected chi connectivity index (χ4v) is 5.62. The van der Waals surface area contributed by atoms with Crippen molar-refractivity contribution in [1.82, 2.24) is 15.2 Å². The highest BCUT2D eigenvalue weighted by atomic mass is 16.5. The SMILES string of the molecule is COc1cc(C(=O)NC2CCN(C)CC2)ccc1-c1cc2nccc(-c3ccc(OC4CCOCC4)c(C#N)c3)c2o1. The molecule has 2 aliphatic rings. The molecule has 0 radical (unpaired) electrons. The molecule has 0 unspecified atom stereocenters. The first-order valence-electron chi connectivity index (χ1n) is 14.4. The number of aromatic nitrogens is 1. The van der Waals surface area contributed by atoms with Crippen LogP contribution in [0.15, 0.2) is 59.1 Å². The van der Waals surface area contributed by atoms with Crippen LogP contribution < -0.4 is 14.8 Å². The van der Waals surface area contributed by atoms with Crippen LogP contribution in [-0.2, 0) is 4.74 Å². The molecule has 42 heavy (non-hydrogen) atoms. The van der Waals surface area contributed by atoms with Gasteiger partial charge in [0, 0.05) is 42.3 Å². The van der Waals surface area contributed by atoms with Crippen molar-refractivity contribution in [1.29, 1.82) is 5.26 Å². The molecule has 2 aliphatic heterocycles. The number of pyridine rings is 1. The van der Waals surface area contributed by atoms with Crippen molar-refractivity contribution in [2.45, 2.75) is 37.8 Å². The first-order chi connectivity index (χ1) is 20.5. The quantitative estimate of drug-likeness (QED) is 0.316. The number of fused-ring (bicyclic) bond motifs is 1. The average Bonchev–Trinajstić information content (AvgIpc) is 3.47. The smallest absolute Gasteiger partial charge is 0.251 e. The summed E-state index contributed by atoms with van der Waals surface area (Å²) in [7, 11) is 3.68. The topological polar surface area (TPSA) is 110 Å². The highest BCUT2D eigenvalue weighted by Gasteiger charge is 2.22. The van der Waals surface area contributed by atoms with E-state index < -0.39 is 0 Å². The van der Waals surface area contributed by atoms with Crippen LogP contribution in [0.4, 0.5) is 0 Å². The molecule has 0 bridgehead atoms. The molecule has 9 heteroatoms. The summed E-state index contributed by atoms with van der Waals surface area (Å²) in [5, 5.41) is 13.0. The van der Waals surface area contributed by atoms with Crippen LogP contribution >= 0.6 is 0 Å². The van der Waals surface area contributed by atoms with Gasteiger partial charge in [-0.3, -0.25) is 9.78 Å². The van der Waals surface area contributed by atoms with Gasteiger partial charge in [-0.15, -0.1) is 0 Å². The highest BCUT2D eigenvalue weighted by molar-refractivity contribution is 5.97. The summed E-state index contributed by atoms with van der Waals surface area (Å²) in [6.07, 6.45) is 5.25. The largest absolute Gasteiger partial charge is 0.496 e. The molecule has 0 saturated carbocycles. The maximum Gasteiger partial charge on any atom is 0.251 e. The number of methoxy groups -OCH3 is 1. The number of carbonyl (C=O) groups is 1. The van der Waals surface area contributed by atoms with Gasteiger partial charge in [0.25, 0.3) is 5.91 Å². The summed E-state index contributed by atoms with van der Waals surface area (Å²) in [5.41, 5.74) is 4.63. The van der Waals surface area contributed by atoms with Crippen molar-refractivity contribution in [3.8, 4) is 40.0 Å². The number of amides is 1. The third-order valence-electron chi connectivity index (χ3n) is 8.07. The van der Waals surface area contributed by atoms with E-state index in [-0.39, 0.29) is 18.1 Å². The van der Waals surface area contributed by atoms with E-state index in [1.165, 1.54) is 0 Å². The van der Waals surface area contributed by atoms with Crippen molar-refractivity contribution in [2.75, 3.05) is 40.5 Å². The Kier molecular flexibility index (Phi) is 8.08. The van der Waals surface area contributed by atoms with Crippen LogP contribution in [0.5, 0.6) is 11.5 Å². The number of rotatable bonds is 7. The lowest BCUT2D eigenvalue weighted by Crippen LogP contribution is -2.43. The van der Waals surface area contributed by atoms with Crippen LogP contribution in [0.1, 0.15) is 41.6 Å². The number of benzene rings is 2. The lowest BCUT2D eigenvalue weighted by atomic mass is 10.0. The maximum absolute atomic E-state index is 13.0. The van der Waals surface area contributed by atoms with Crippen molar-refractivity contribution in [3.05, 3.63) is 65.9 Å². The number of nitriles is 1. The summed E-state index contributed by atoms with van der Waals surface area (Å²) in [6, 6.07) is 17.2. The fraction of sp³-hybridized carbons (Fsp3) is 0.364. The predicted octanol–water partition coefficient (Wildman–Crippen LogP) is 5.42. The number of carbonyl (C=O) groups excluding carboxylic acids is 1. The van der Waals surface area contributed by atoms with Crippen LogP contribution in [0.2, 0.25) is 0 Å². The third kappa shape index (κ3) is 5.82. The molecule has 0 spiro atoms. The van der Waals surface area contributed by atoms with E-state index in [4.69, 9.17) is 18.6 Å². The van der Waals surface area contributed by atoms with E-state index in [0.29, 0.717) is 52.7 Å². The fourth-order valence-electron chi connectivity index (χ4n) is 5.62. The monoisotopic (exact) mass is 566 g/mol. The number of piperidine rings is 1. The summed E-state index contributed by atoms with van der Waals surface area (Å²) in [4.78, 5) is 19.8. The van der Waals surface area contributed by atoms with Crippen molar-refractivity contribution in [3.63, 3.8) is 0 Å². The molecule has 2 fully saturated rings. The molecule has 2 aromatic carbocycles. The number of furan rings is 1. The molecule has 0 aliphatic carbocycles. The van der Waals surface area contributed by atoms with Gasteiger partial charge in [0.1, 0.15) is 34.9 Å². The molecule has 6 rings (SSSR count). The number of likely N-dealkylation sites (tertiary alicyclic amines) is 1. The van der Waals surface area contributed by atoms with Crippen LogP contribution in [0, 0.1) is 11.3 Å². The number of ether oxygens (including phenoxy) is 3. The summed E-state index contributed by atoms with van der Waals surface area (Å²) < 4.78 is 23.6. The van der Waals surface area contributed by atoms with Gasteiger partial charge < -0.3 is 28.8 Å². The van der Waals surface area contributed by atoms with Crippen molar-refractivity contribution in [2.24, 2.45) is 0 Å². The molecule has 4 heterocycles. The van der Waals surface area contributed by atoms with Crippen LogP contribution in [0.25, 0.3) is 33.6 Å². The lowest BCUT2D eigenvalue weighted by molar-refractivity contribution is 0.0254. The Bertz CT molecular complexity index is 1630. The van der Waals surface area contributed by atoms with Gasteiger partial charge in [-0.1, -0.05) is 6.07 Å². The number of nitrogens with one attached hydrogen (secondary N) is 1. The van der Waals surface area contributed by atoms with E-state index >= 15 is 0 Å². The maximum atomic E-state index is 13.0. The van der Waals surface area contributed by atoms with Gasteiger partial charge >= 0.3 is 0 Å². The van der Waals surface area contributed by atoms with Gasteiger partial charge in [-0.05, 0) is 74.9 Å². The minimum atomic E-state index is -0.111. The van der Waals surface area contributed by atoms with E-state index in [1.54, 1.807) is 25.4 Å². The zero-order valence-electron chi connectivity index (χ0n) is 23.9. The standard InChI is InChI=1S/C33H34N4O5/c1-37-13-8-24(9-14-37)36-33(38)22-3-5-27(30(18-22)39-2)31-19-28-32(42-31)26(7-12-35-28)21-4-6-29(23(17-21)20-34)41-25-10-15-40-16-11-25/h3-7,12,17-19,24-25H,8-11,13-16H2,1-2H3,(H,36,38). The van der Waals surface area contributed by atoms with E-state index in [9.17, 15) is 10.1 Å². The minimum Gasteiger partial charge on any atom is -0.496 e. The van der Waals surface area contributed by atoms with E-state index in [0.717, 1.165) is 55.5 Å². The third-order valence-corrected chi connectivity index (χ3v) is 8.07. The van der Waals surface area contributed by atoms with Crippen molar-refractivity contribution < 1.29 is 23.4 Å². The molecule has 2 saturated heterocycles. The van der Waals surface area contributed by atoms with Gasteiger partial charge in [0.2, 0.25) is 0 Å². The molecule has 9 nitrogen and oxygen atoms in total. The van der Waals surface area contributed by atoms with Gasteiger partial charge in [-0.25, -0.2) is 0 Å². The Morgan fingerprint density at radius 1 is 1.02 bits per heavy atom. The lowest BCUT2D eigenvalue weighted by Gasteiger charge is -2.29. The molecule has 4 aromatic rings. The minimum absolute atomic E-state index is 0.0404. The van der Waals surface area contributed by atoms with Crippen LogP contribution in [-0.4, -0.2) is 68.4 Å². The van der Waals surface area contributed by atoms with E-state index in [1.807, 2.05) is 36.4 Å². The zero-order valence-corrected chi connectivity index (χ0v) is 23.9. The van der Waals surface area contributed by atoms with Crippen LogP contribution in [0.3, 0.4) is 0 Å². The molecule has 0 atom stereocenters. The molecule has 1 N–H and O–H groups in total. The van der Waals surface area contributed by atoms with Crippen molar-refractivity contribution >= 4 is 17.0 Å². The molecule has 1 amide bonds. The molecular formula is C33H34N4O5. The van der Waals surface area contributed by atoms with Gasteiger partial charge in [-0.2, -0.15) is 5.26 Å². The second-order valence-electron chi connectivity index (χ2n) is 10.9. The Labute approximate surface area is 245 Å².